The first-order valence-corrected chi connectivity index (χ1v) is 7.65. The van der Waals surface area contributed by atoms with Crippen LogP contribution in [0.4, 0.5) is 5.82 Å². The minimum absolute atomic E-state index is 0.0580. The van der Waals surface area contributed by atoms with Crippen molar-refractivity contribution in [1.29, 1.82) is 0 Å². The Morgan fingerprint density at radius 3 is 2.65 bits per heavy atom. The van der Waals surface area contributed by atoms with Crippen LogP contribution in [-0.4, -0.2) is 47.5 Å². The van der Waals surface area contributed by atoms with E-state index in [2.05, 4.69) is 15.6 Å². The smallest absolute Gasteiger partial charge is 0.215 e. The Balaban J connectivity index is 1.78. The second-order valence-corrected chi connectivity index (χ2v) is 5.10. The summed E-state index contributed by atoms with van der Waals surface area (Å²) in [6, 6.07) is 15.4. The first-order chi connectivity index (χ1) is 11.3. The summed E-state index contributed by atoms with van der Waals surface area (Å²) >= 11 is 0. The Hall–Kier alpha value is -2.15. The van der Waals surface area contributed by atoms with Crippen LogP contribution >= 0.6 is 0 Å². The molecule has 0 saturated heterocycles. The third-order valence-corrected chi connectivity index (χ3v) is 3.14. The number of hydrogen-bond donors (Lipinski definition) is 4. The van der Waals surface area contributed by atoms with E-state index in [9.17, 15) is 5.11 Å². The van der Waals surface area contributed by atoms with Gasteiger partial charge in [-0.3, -0.25) is 0 Å². The summed E-state index contributed by atoms with van der Waals surface area (Å²) in [5.41, 5.74) is 1.08. The van der Waals surface area contributed by atoms with Crippen LogP contribution in [0.15, 0.2) is 48.5 Å². The van der Waals surface area contributed by atoms with Gasteiger partial charge < -0.3 is 25.6 Å². The van der Waals surface area contributed by atoms with Crippen LogP contribution < -0.4 is 15.4 Å². The normalized spacial score (nSPS) is 11.9. The summed E-state index contributed by atoms with van der Waals surface area (Å²) in [7, 11) is 0. The molecule has 6 heteroatoms. The molecule has 0 aliphatic carbocycles. The Bertz CT molecular complexity index is 566. The summed E-state index contributed by atoms with van der Waals surface area (Å²) in [6.07, 6.45) is -0.558. The molecule has 0 radical (unpaired) electrons. The summed E-state index contributed by atoms with van der Waals surface area (Å²) in [6.45, 7) is 1.77. The number of aliphatic hydroxyl groups is 2. The predicted molar refractivity (Wildman–Crippen MR) is 89.5 cm³/mol. The fraction of sp³-hybridized carbons (Fsp3) is 0.353. The molecular formula is C17H23N3O3. The molecule has 1 unspecified atom stereocenters. The van der Waals surface area contributed by atoms with E-state index < -0.39 is 6.10 Å². The highest BCUT2D eigenvalue weighted by molar-refractivity contribution is 5.37. The lowest BCUT2D eigenvalue weighted by Gasteiger charge is -2.13. The molecule has 0 spiro atoms. The largest absolute Gasteiger partial charge is 0.473 e. The monoisotopic (exact) mass is 317 g/mol. The SMILES string of the molecule is OCCNCC(O)CNc1cccc(OCc2ccccc2)n1. The Labute approximate surface area is 136 Å². The Kier molecular flexibility index (Phi) is 7.32. The van der Waals surface area contributed by atoms with Crippen molar-refractivity contribution in [3.8, 4) is 5.88 Å². The number of nitrogens with one attached hydrogen (secondary N) is 2. The van der Waals surface area contributed by atoms with Gasteiger partial charge in [-0.2, -0.15) is 4.98 Å². The molecule has 1 atom stereocenters. The maximum Gasteiger partial charge on any atom is 0.215 e. The van der Waals surface area contributed by atoms with Crippen LogP contribution in [0.1, 0.15) is 5.56 Å². The molecule has 0 aliphatic heterocycles. The lowest BCUT2D eigenvalue weighted by molar-refractivity contribution is 0.180. The zero-order valence-corrected chi connectivity index (χ0v) is 13.0. The lowest BCUT2D eigenvalue weighted by atomic mass is 10.2. The van der Waals surface area contributed by atoms with Crippen LogP contribution in [0.25, 0.3) is 0 Å². The van der Waals surface area contributed by atoms with Crippen molar-refractivity contribution in [3.05, 3.63) is 54.1 Å². The number of aromatic nitrogens is 1. The number of nitrogens with zero attached hydrogens (tertiary/aromatic N) is 1. The fourth-order valence-electron chi connectivity index (χ4n) is 1.97. The molecule has 6 nitrogen and oxygen atoms in total. The number of hydrogen-bond acceptors (Lipinski definition) is 6. The molecule has 4 N–H and O–H groups in total. The van der Waals surface area contributed by atoms with Crippen LogP contribution in [0, 0.1) is 0 Å². The van der Waals surface area contributed by atoms with Crippen LogP contribution in [0.3, 0.4) is 0 Å². The molecule has 0 bridgehead atoms. The van der Waals surface area contributed by atoms with E-state index in [-0.39, 0.29) is 6.61 Å². The van der Waals surface area contributed by atoms with Gasteiger partial charge in [-0.15, -0.1) is 0 Å². The Morgan fingerprint density at radius 1 is 1.04 bits per heavy atom. The minimum Gasteiger partial charge on any atom is -0.473 e. The predicted octanol–water partition coefficient (Wildman–Crippen LogP) is 1.02. The second kappa shape index (κ2) is 9.78. The molecule has 0 aliphatic rings. The highest BCUT2D eigenvalue weighted by atomic mass is 16.5. The van der Waals surface area contributed by atoms with Gasteiger partial charge in [-0.25, -0.2) is 0 Å². The van der Waals surface area contributed by atoms with E-state index in [1.165, 1.54) is 0 Å². The summed E-state index contributed by atoms with van der Waals surface area (Å²) in [5.74, 6) is 1.18. The van der Waals surface area contributed by atoms with Gasteiger partial charge in [0.15, 0.2) is 0 Å². The number of benzene rings is 1. The quantitative estimate of drug-likeness (QED) is 0.489. The zero-order valence-electron chi connectivity index (χ0n) is 13.0. The standard InChI is InChI=1S/C17H23N3O3/c21-10-9-18-11-15(22)12-19-16-7-4-8-17(20-16)23-13-14-5-2-1-3-6-14/h1-8,15,18,21-22H,9-13H2,(H,19,20). The molecule has 2 rings (SSSR count). The van der Waals surface area contributed by atoms with Gasteiger partial charge in [0, 0.05) is 25.7 Å². The van der Waals surface area contributed by atoms with E-state index >= 15 is 0 Å². The molecule has 0 saturated carbocycles. The van der Waals surface area contributed by atoms with Gasteiger partial charge in [-0.1, -0.05) is 36.4 Å². The molecular weight excluding hydrogens is 294 g/mol. The highest BCUT2D eigenvalue weighted by Gasteiger charge is 2.04. The lowest BCUT2D eigenvalue weighted by Crippen LogP contribution is -2.33. The summed E-state index contributed by atoms with van der Waals surface area (Å²) in [5, 5.41) is 24.5. The van der Waals surface area contributed by atoms with Crippen molar-refractivity contribution in [1.82, 2.24) is 10.3 Å². The number of aliphatic hydroxyl groups excluding tert-OH is 2. The van der Waals surface area contributed by atoms with Crippen molar-refractivity contribution >= 4 is 5.82 Å². The van der Waals surface area contributed by atoms with E-state index in [1.54, 1.807) is 6.07 Å². The average Bonchev–Trinajstić information content (AvgIpc) is 2.60. The van der Waals surface area contributed by atoms with E-state index in [1.807, 2.05) is 42.5 Å². The van der Waals surface area contributed by atoms with Gasteiger partial charge >= 0.3 is 0 Å². The van der Waals surface area contributed by atoms with Crippen molar-refractivity contribution in [2.24, 2.45) is 0 Å². The van der Waals surface area contributed by atoms with Gasteiger partial charge in [-0.05, 0) is 11.6 Å². The van der Waals surface area contributed by atoms with E-state index in [0.717, 1.165) is 5.56 Å². The first kappa shape index (κ1) is 17.2. The number of rotatable bonds is 10. The van der Waals surface area contributed by atoms with E-state index in [0.29, 0.717) is 37.9 Å². The third kappa shape index (κ3) is 6.65. The minimum atomic E-state index is -0.558. The van der Waals surface area contributed by atoms with Crippen LogP contribution in [0.2, 0.25) is 0 Å². The number of ether oxygens (including phenoxy) is 1. The Morgan fingerprint density at radius 2 is 1.87 bits per heavy atom. The molecule has 2 aromatic rings. The molecule has 124 valence electrons. The topological polar surface area (TPSA) is 86.6 Å². The number of pyridine rings is 1. The van der Waals surface area contributed by atoms with Gasteiger partial charge in [0.05, 0.1) is 12.7 Å². The third-order valence-electron chi connectivity index (χ3n) is 3.14. The molecule has 0 amide bonds. The van der Waals surface area contributed by atoms with Gasteiger partial charge in [0.1, 0.15) is 12.4 Å². The van der Waals surface area contributed by atoms with Crippen LogP contribution in [0.5, 0.6) is 5.88 Å². The van der Waals surface area contributed by atoms with Gasteiger partial charge in [0.2, 0.25) is 5.88 Å². The summed E-state index contributed by atoms with van der Waals surface area (Å²) in [4.78, 5) is 4.35. The average molecular weight is 317 g/mol. The maximum atomic E-state index is 9.79. The van der Waals surface area contributed by atoms with E-state index in [4.69, 9.17) is 9.84 Å². The van der Waals surface area contributed by atoms with Crippen molar-refractivity contribution in [2.75, 3.05) is 31.6 Å². The molecule has 1 heterocycles. The van der Waals surface area contributed by atoms with Crippen LogP contribution in [-0.2, 0) is 6.61 Å². The van der Waals surface area contributed by atoms with Crippen molar-refractivity contribution in [3.63, 3.8) is 0 Å². The fourth-order valence-corrected chi connectivity index (χ4v) is 1.97. The van der Waals surface area contributed by atoms with Gasteiger partial charge in [0.25, 0.3) is 0 Å². The molecule has 1 aromatic heterocycles. The molecule has 23 heavy (non-hydrogen) atoms. The highest BCUT2D eigenvalue weighted by Crippen LogP contribution is 2.13. The molecule has 0 fully saturated rings. The first-order valence-electron chi connectivity index (χ1n) is 7.65. The summed E-state index contributed by atoms with van der Waals surface area (Å²) < 4.78 is 5.67. The van der Waals surface area contributed by atoms with Crippen molar-refractivity contribution < 1.29 is 14.9 Å². The maximum absolute atomic E-state index is 9.79. The number of anilines is 1. The van der Waals surface area contributed by atoms with Crippen molar-refractivity contribution in [2.45, 2.75) is 12.7 Å². The zero-order chi connectivity index (χ0) is 16.3. The molecule has 1 aromatic carbocycles. The second-order valence-electron chi connectivity index (χ2n) is 5.10.